The molecular weight excluding hydrogens is 294 g/mol. The quantitative estimate of drug-likeness (QED) is 0.708. The fourth-order valence-electron chi connectivity index (χ4n) is 4.23. The Labute approximate surface area is 144 Å². The lowest BCUT2D eigenvalue weighted by atomic mass is 9.85. The van der Waals surface area contributed by atoms with Crippen LogP contribution in [0, 0.1) is 12.8 Å². The van der Waals surface area contributed by atoms with E-state index in [4.69, 9.17) is 4.74 Å². The van der Waals surface area contributed by atoms with E-state index < -0.39 is 0 Å². The molecule has 0 amide bonds. The van der Waals surface area contributed by atoms with Crippen molar-refractivity contribution in [3.8, 4) is 16.9 Å². The first-order chi connectivity index (χ1) is 11.7. The minimum absolute atomic E-state index is 0.618. The molecule has 2 atom stereocenters. The lowest BCUT2D eigenvalue weighted by Crippen LogP contribution is -2.39. The summed E-state index contributed by atoms with van der Waals surface area (Å²) < 4.78 is 8.70. The molecule has 124 valence electrons. The molecule has 24 heavy (non-hydrogen) atoms. The van der Waals surface area contributed by atoms with Crippen LogP contribution in [0.3, 0.4) is 0 Å². The summed E-state index contributed by atoms with van der Waals surface area (Å²) in [6, 6.07) is 15.7. The molecule has 0 N–H and O–H groups in total. The van der Waals surface area contributed by atoms with Crippen molar-refractivity contribution in [2.24, 2.45) is 5.92 Å². The summed E-state index contributed by atoms with van der Waals surface area (Å²) in [6.45, 7) is 5.23. The van der Waals surface area contributed by atoms with Crippen LogP contribution >= 0.6 is 0 Å². The van der Waals surface area contributed by atoms with Crippen molar-refractivity contribution in [2.45, 2.75) is 45.6 Å². The first kappa shape index (κ1) is 15.4. The number of nitrogens with zero attached hydrogens (tertiary/aromatic N) is 1. The summed E-state index contributed by atoms with van der Waals surface area (Å²) in [7, 11) is 0. The van der Waals surface area contributed by atoms with Gasteiger partial charge in [-0.2, -0.15) is 4.58 Å². The molecule has 2 aromatic rings. The first-order valence-electron chi connectivity index (χ1n) is 9.16. The van der Waals surface area contributed by atoms with Crippen LogP contribution < -0.4 is 4.74 Å². The zero-order chi connectivity index (χ0) is 16.5. The fourth-order valence-corrected chi connectivity index (χ4v) is 4.23. The molecule has 1 fully saturated rings. The van der Waals surface area contributed by atoms with Crippen LogP contribution in [0.25, 0.3) is 11.1 Å². The normalized spacial score (nSPS) is 23.2. The van der Waals surface area contributed by atoms with E-state index in [-0.39, 0.29) is 0 Å². The number of fused-ring (bicyclic) bond motifs is 1. The number of rotatable bonds is 2. The number of hydrogen-bond acceptors (Lipinski definition) is 1. The summed E-state index contributed by atoms with van der Waals surface area (Å²) in [6.07, 6.45) is 7.68. The topological polar surface area (TPSA) is 12.2 Å². The highest BCUT2D eigenvalue weighted by Crippen LogP contribution is 2.36. The van der Waals surface area contributed by atoms with Crippen molar-refractivity contribution in [1.82, 2.24) is 0 Å². The van der Waals surface area contributed by atoms with E-state index in [1.807, 2.05) is 0 Å². The van der Waals surface area contributed by atoms with Crippen molar-refractivity contribution in [2.75, 3.05) is 6.73 Å². The summed E-state index contributed by atoms with van der Waals surface area (Å²) >= 11 is 0. The van der Waals surface area contributed by atoms with Gasteiger partial charge in [0.2, 0.25) is 0 Å². The van der Waals surface area contributed by atoms with Gasteiger partial charge in [-0.25, -0.2) is 0 Å². The van der Waals surface area contributed by atoms with E-state index in [0.29, 0.717) is 12.8 Å². The number of hydrogen-bond donors (Lipinski definition) is 0. The molecule has 1 aliphatic carbocycles. The lowest BCUT2D eigenvalue weighted by Gasteiger charge is -2.28. The molecule has 2 heteroatoms. The second kappa shape index (κ2) is 6.43. The molecule has 2 aliphatic rings. The Morgan fingerprint density at radius 3 is 2.62 bits per heavy atom. The molecular formula is C22H26NO+. The predicted octanol–water partition coefficient (Wildman–Crippen LogP) is 5.02. The molecule has 0 radical (unpaired) electrons. The summed E-state index contributed by atoms with van der Waals surface area (Å²) in [4.78, 5) is 0. The SMILES string of the molecule is Cc1cc2c(c(-c3ccccc3)c1)OC[N+](C1CCCCC1C)=C2. The monoisotopic (exact) mass is 320 g/mol. The second-order valence-electron chi connectivity index (χ2n) is 7.34. The smallest absolute Gasteiger partial charge is 0.287 e. The Hall–Kier alpha value is -2.09. The highest BCUT2D eigenvalue weighted by Gasteiger charge is 2.33. The summed E-state index contributed by atoms with van der Waals surface area (Å²) in [5.74, 6) is 1.78. The molecule has 0 aromatic heterocycles. The van der Waals surface area contributed by atoms with Gasteiger partial charge in [0.1, 0.15) is 5.75 Å². The third-order valence-corrected chi connectivity index (χ3v) is 5.50. The second-order valence-corrected chi connectivity index (χ2v) is 7.34. The van der Waals surface area contributed by atoms with Gasteiger partial charge in [0.15, 0.2) is 12.3 Å². The van der Waals surface area contributed by atoms with Crippen LogP contribution in [0.2, 0.25) is 0 Å². The van der Waals surface area contributed by atoms with E-state index in [1.165, 1.54) is 47.9 Å². The Bertz CT molecular complexity index is 763. The number of aryl methyl sites for hydroxylation is 1. The van der Waals surface area contributed by atoms with Crippen molar-refractivity contribution in [3.05, 3.63) is 53.6 Å². The van der Waals surface area contributed by atoms with Gasteiger partial charge in [-0.15, -0.1) is 0 Å². The van der Waals surface area contributed by atoms with E-state index in [2.05, 4.69) is 67.1 Å². The van der Waals surface area contributed by atoms with Crippen molar-refractivity contribution in [3.63, 3.8) is 0 Å². The number of ether oxygens (including phenoxy) is 1. The Morgan fingerprint density at radius 1 is 1.04 bits per heavy atom. The van der Waals surface area contributed by atoms with Crippen LogP contribution in [0.5, 0.6) is 5.75 Å². The van der Waals surface area contributed by atoms with Gasteiger partial charge in [-0.1, -0.05) is 43.7 Å². The molecule has 1 aliphatic heterocycles. The van der Waals surface area contributed by atoms with Crippen LogP contribution in [0.15, 0.2) is 42.5 Å². The zero-order valence-electron chi connectivity index (χ0n) is 14.7. The van der Waals surface area contributed by atoms with Gasteiger partial charge in [0.05, 0.1) is 5.56 Å². The third kappa shape index (κ3) is 2.86. The minimum atomic E-state index is 0.618. The molecule has 2 unspecified atom stereocenters. The van der Waals surface area contributed by atoms with Crippen molar-refractivity contribution < 1.29 is 9.31 Å². The standard InChI is InChI=1S/C22H26NO/c1-16-12-19-14-23(21-11-7-6-8-17(21)2)15-24-22(19)20(13-16)18-9-4-3-5-10-18/h3-5,9-10,12-14,17,21H,6-8,11,15H2,1-2H3/q+1. The highest BCUT2D eigenvalue weighted by molar-refractivity contribution is 5.87. The zero-order valence-corrected chi connectivity index (χ0v) is 14.7. The van der Waals surface area contributed by atoms with Crippen molar-refractivity contribution >= 4 is 6.21 Å². The molecule has 1 heterocycles. The molecule has 2 aromatic carbocycles. The Morgan fingerprint density at radius 2 is 1.83 bits per heavy atom. The lowest BCUT2D eigenvalue weighted by molar-refractivity contribution is -0.601. The third-order valence-electron chi connectivity index (χ3n) is 5.50. The molecule has 1 saturated carbocycles. The van der Waals surface area contributed by atoms with Crippen molar-refractivity contribution in [1.29, 1.82) is 0 Å². The maximum atomic E-state index is 6.27. The molecule has 4 rings (SSSR count). The maximum absolute atomic E-state index is 6.27. The maximum Gasteiger partial charge on any atom is 0.287 e. The predicted molar refractivity (Wildman–Crippen MR) is 99.0 cm³/mol. The largest absolute Gasteiger partial charge is 0.435 e. The fraction of sp³-hybridized carbons (Fsp3) is 0.409. The summed E-state index contributed by atoms with van der Waals surface area (Å²) in [5.41, 5.74) is 4.94. The molecule has 0 saturated heterocycles. The van der Waals surface area contributed by atoms with E-state index in [9.17, 15) is 0 Å². The Kier molecular flexibility index (Phi) is 4.13. The van der Waals surface area contributed by atoms with Gasteiger partial charge in [0, 0.05) is 17.9 Å². The van der Waals surface area contributed by atoms with Gasteiger partial charge >= 0.3 is 0 Å². The molecule has 0 bridgehead atoms. The van der Waals surface area contributed by atoms with Crippen LogP contribution in [-0.2, 0) is 0 Å². The van der Waals surface area contributed by atoms with Gasteiger partial charge in [-0.05, 0) is 43.0 Å². The van der Waals surface area contributed by atoms with Crippen LogP contribution in [-0.4, -0.2) is 23.6 Å². The Balaban J connectivity index is 1.75. The van der Waals surface area contributed by atoms with Crippen LogP contribution in [0.4, 0.5) is 0 Å². The van der Waals surface area contributed by atoms with Gasteiger partial charge in [0.25, 0.3) is 6.73 Å². The van der Waals surface area contributed by atoms with Crippen LogP contribution in [0.1, 0.15) is 43.7 Å². The van der Waals surface area contributed by atoms with Gasteiger partial charge in [-0.3, -0.25) is 0 Å². The van der Waals surface area contributed by atoms with E-state index in [1.54, 1.807) is 0 Å². The average molecular weight is 320 g/mol. The van der Waals surface area contributed by atoms with E-state index in [0.717, 1.165) is 11.7 Å². The highest BCUT2D eigenvalue weighted by atomic mass is 16.5. The van der Waals surface area contributed by atoms with Gasteiger partial charge < -0.3 is 4.74 Å². The summed E-state index contributed by atoms with van der Waals surface area (Å²) in [5, 5.41) is 0. The first-order valence-corrected chi connectivity index (χ1v) is 9.16. The number of benzene rings is 2. The van der Waals surface area contributed by atoms with E-state index >= 15 is 0 Å². The minimum Gasteiger partial charge on any atom is -0.435 e. The molecule has 2 nitrogen and oxygen atoms in total. The average Bonchev–Trinajstić information content (AvgIpc) is 2.61. The molecule has 0 spiro atoms.